The van der Waals surface area contributed by atoms with E-state index in [9.17, 15) is 4.79 Å². The van der Waals surface area contributed by atoms with Crippen LogP contribution in [0.3, 0.4) is 0 Å². The van der Waals surface area contributed by atoms with Crippen molar-refractivity contribution < 1.29 is 4.79 Å². The number of amides is 1. The Labute approximate surface area is 108 Å². The Hall–Kier alpha value is -1.86. The maximum atomic E-state index is 11.8. The first-order valence-corrected chi connectivity index (χ1v) is 6.01. The molecule has 0 saturated carbocycles. The van der Waals surface area contributed by atoms with Crippen LogP contribution in [0.4, 0.5) is 0 Å². The molecule has 96 valence electrons. The highest BCUT2D eigenvalue weighted by Gasteiger charge is 2.19. The number of carbonyl (C=O) groups is 1. The van der Waals surface area contributed by atoms with Crippen molar-refractivity contribution in [3.05, 3.63) is 35.4 Å². The summed E-state index contributed by atoms with van der Waals surface area (Å²) in [5.41, 5.74) is 7.28. The lowest BCUT2D eigenvalue weighted by atomic mass is 10.0. The van der Waals surface area contributed by atoms with Crippen LogP contribution < -0.4 is 11.1 Å². The van der Waals surface area contributed by atoms with E-state index >= 15 is 0 Å². The van der Waals surface area contributed by atoms with Crippen molar-refractivity contribution in [2.75, 3.05) is 0 Å². The zero-order chi connectivity index (χ0) is 13.7. The molecular weight excluding hydrogens is 226 g/mol. The molecule has 0 aromatic heterocycles. The van der Waals surface area contributed by atoms with Gasteiger partial charge in [0, 0.05) is 12.0 Å². The molecule has 3 N–H and O–H groups in total. The Morgan fingerprint density at radius 3 is 2.28 bits per heavy atom. The van der Waals surface area contributed by atoms with Gasteiger partial charge in [-0.05, 0) is 31.5 Å². The first-order valence-electron chi connectivity index (χ1n) is 6.01. The van der Waals surface area contributed by atoms with Gasteiger partial charge in [-0.1, -0.05) is 19.1 Å². The third kappa shape index (κ3) is 3.57. The van der Waals surface area contributed by atoms with E-state index in [1.165, 1.54) is 0 Å². The maximum Gasteiger partial charge on any atom is 0.224 e. The second-order valence-corrected chi connectivity index (χ2v) is 4.61. The molecule has 1 amide bonds. The number of nitrogens with two attached hydrogens (primary N) is 1. The molecule has 1 aromatic carbocycles. The number of nitrogens with zero attached hydrogens (tertiary/aromatic N) is 1. The fraction of sp³-hybridized carbons (Fsp3) is 0.429. The van der Waals surface area contributed by atoms with Gasteiger partial charge >= 0.3 is 0 Å². The Morgan fingerprint density at radius 2 is 1.83 bits per heavy atom. The van der Waals surface area contributed by atoms with Crippen LogP contribution >= 0.6 is 0 Å². The lowest BCUT2D eigenvalue weighted by Gasteiger charge is -2.20. The van der Waals surface area contributed by atoms with Gasteiger partial charge in [0.25, 0.3) is 0 Å². The van der Waals surface area contributed by atoms with Gasteiger partial charge < -0.3 is 11.1 Å². The molecule has 0 spiro atoms. The minimum atomic E-state index is -0.217. The molecule has 0 aliphatic carbocycles. The van der Waals surface area contributed by atoms with Crippen LogP contribution in [0.1, 0.15) is 37.9 Å². The van der Waals surface area contributed by atoms with E-state index in [0.717, 1.165) is 5.56 Å². The zero-order valence-electron chi connectivity index (χ0n) is 11.0. The van der Waals surface area contributed by atoms with Crippen molar-refractivity contribution in [1.82, 2.24) is 5.32 Å². The van der Waals surface area contributed by atoms with Gasteiger partial charge in [-0.15, -0.1) is 0 Å². The van der Waals surface area contributed by atoms with Crippen LogP contribution in [0.25, 0.3) is 0 Å². The standard InChI is InChI=1S/C14H19N3O/c1-9(10(2)16)14(18)17-11(3)13-6-4-12(8-15)5-7-13/h4-7,9-11H,16H2,1-3H3,(H,17,18). The molecule has 0 fully saturated rings. The van der Waals surface area contributed by atoms with E-state index in [1.807, 2.05) is 32.9 Å². The molecule has 0 aliphatic rings. The molecule has 3 unspecified atom stereocenters. The molecule has 0 aliphatic heterocycles. The molecule has 0 radical (unpaired) electrons. The van der Waals surface area contributed by atoms with E-state index in [4.69, 9.17) is 11.0 Å². The van der Waals surface area contributed by atoms with Gasteiger partial charge in [-0.25, -0.2) is 0 Å². The monoisotopic (exact) mass is 245 g/mol. The summed E-state index contributed by atoms with van der Waals surface area (Å²) in [5.74, 6) is -0.271. The van der Waals surface area contributed by atoms with Crippen LogP contribution in [0.2, 0.25) is 0 Å². The molecule has 4 nitrogen and oxygen atoms in total. The smallest absolute Gasteiger partial charge is 0.224 e. The first kappa shape index (κ1) is 14.2. The number of benzene rings is 1. The van der Waals surface area contributed by atoms with E-state index in [-0.39, 0.29) is 23.9 Å². The van der Waals surface area contributed by atoms with Crippen LogP contribution in [-0.2, 0) is 4.79 Å². The largest absolute Gasteiger partial charge is 0.349 e. The molecular formula is C14H19N3O. The third-order valence-corrected chi connectivity index (χ3v) is 3.10. The second kappa shape index (κ2) is 6.18. The van der Waals surface area contributed by atoms with Crippen LogP contribution in [-0.4, -0.2) is 11.9 Å². The molecule has 18 heavy (non-hydrogen) atoms. The van der Waals surface area contributed by atoms with Crippen molar-refractivity contribution >= 4 is 5.91 Å². The zero-order valence-corrected chi connectivity index (χ0v) is 11.0. The quantitative estimate of drug-likeness (QED) is 0.847. The molecule has 1 aromatic rings. The molecule has 3 atom stereocenters. The SMILES string of the molecule is CC(NC(=O)C(C)C(C)N)c1ccc(C#N)cc1. The molecule has 0 heterocycles. The van der Waals surface area contributed by atoms with Crippen molar-refractivity contribution in [3.63, 3.8) is 0 Å². The highest BCUT2D eigenvalue weighted by Crippen LogP contribution is 2.14. The fourth-order valence-electron chi connectivity index (χ4n) is 1.51. The molecule has 0 bridgehead atoms. The summed E-state index contributed by atoms with van der Waals surface area (Å²) >= 11 is 0. The highest BCUT2D eigenvalue weighted by atomic mass is 16.1. The Morgan fingerprint density at radius 1 is 1.28 bits per heavy atom. The number of nitrogens with one attached hydrogen (secondary N) is 1. The summed E-state index contributed by atoms with van der Waals surface area (Å²) < 4.78 is 0. The number of hydrogen-bond acceptors (Lipinski definition) is 3. The van der Waals surface area contributed by atoms with Crippen molar-refractivity contribution in [2.24, 2.45) is 11.7 Å². The maximum absolute atomic E-state index is 11.8. The van der Waals surface area contributed by atoms with E-state index in [2.05, 4.69) is 11.4 Å². The van der Waals surface area contributed by atoms with Crippen LogP contribution in [0.15, 0.2) is 24.3 Å². The second-order valence-electron chi connectivity index (χ2n) is 4.61. The highest BCUT2D eigenvalue weighted by molar-refractivity contribution is 5.79. The molecule has 4 heteroatoms. The van der Waals surface area contributed by atoms with Crippen LogP contribution in [0.5, 0.6) is 0 Å². The van der Waals surface area contributed by atoms with Gasteiger partial charge in [0.15, 0.2) is 0 Å². The topological polar surface area (TPSA) is 78.9 Å². The summed E-state index contributed by atoms with van der Waals surface area (Å²) in [4.78, 5) is 11.8. The average Bonchev–Trinajstić information content (AvgIpc) is 2.37. The predicted octanol–water partition coefficient (Wildman–Crippen LogP) is 1.72. The molecule has 0 saturated heterocycles. The minimum absolute atomic E-state index is 0.0538. The summed E-state index contributed by atoms with van der Waals surface area (Å²) in [7, 11) is 0. The van der Waals surface area contributed by atoms with E-state index < -0.39 is 0 Å². The lowest BCUT2D eigenvalue weighted by molar-refractivity contribution is -0.125. The van der Waals surface area contributed by atoms with Gasteiger partial charge in [-0.3, -0.25) is 4.79 Å². The number of nitriles is 1. The van der Waals surface area contributed by atoms with E-state index in [1.54, 1.807) is 12.1 Å². The lowest BCUT2D eigenvalue weighted by Crippen LogP contribution is -2.39. The van der Waals surface area contributed by atoms with Crippen molar-refractivity contribution in [3.8, 4) is 6.07 Å². The normalized spacial score (nSPS) is 15.3. The minimum Gasteiger partial charge on any atom is -0.349 e. The summed E-state index contributed by atoms with van der Waals surface area (Å²) in [6, 6.07) is 8.98. The summed E-state index contributed by atoms with van der Waals surface area (Å²) in [6.07, 6.45) is 0. The van der Waals surface area contributed by atoms with E-state index in [0.29, 0.717) is 5.56 Å². The van der Waals surface area contributed by atoms with Crippen molar-refractivity contribution in [2.45, 2.75) is 32.9 Å². The van der Waals surface area contributed by atoms with Gasteiger partial charge in [0.05, 0.1) is 17.7 Å². The van der Waals surface area contributed by atoms with Gasteiger partial charge in [0.2, 0.25) is 5.91 Å². The summed E-state index contributed by atoms with van der Waals surface area (Å²) in [5, 5.41) is 11.6. The number of hydrogen-bond donors (Lipinski definition) is 2. The van der Waals surface area contributed by atoms with Gasteiger partial charge in [0.1, 0.15) is 0 Å². The average molecular weight is 245 g/mol. The Kier molecular flexibility index (Phi) is 4.87. The van der Waals surface area contributed by atoms with Crippen LogP contribution in [0, 0.1) is 17.2 Å². The Bertz CT molecular complexity index is 445. The Balaban J connectivity index is 2.67. The summed E-state index contributed by atoms with van der Waals surface area (Å²) in [6.45, 7) is 5.54. The first-order chi connectivity index (χ1) is 8.45. The molecule has 1 rings (SSSR count). The number of carbonyl (C=O) groups excluding carboxylic acids is 1. The fourth-order valence-corrected chi connectivity index (χ4v) is 1.51. The predicted molar refractivity (Wildman–Crippen MR) is 70.5 cm³/mol. The third-order valence-electron chi connectivity index (χ3n) is 3.10. The number of rotatable bonds is 4. The van der Waals surface area contributed by atoms with Crippen molar-refractivity contribution in [1.29, 1.82) is 5.26 Å². The van der Waals surface area contributed by atoms with Gasteiger partial charge in [-0.2, -0.15) is 5.26 Å².